The number of nitrogens with one attached hydrogen (secondary N) is 1. The average Bonchev–Trinajstić information content (AvgIpc) is 2.44. The van der Waals surface area contributed by atoms with Gasteiger partial charge in [-0.2, -0.15) is 0 Å². The van der Waals surface area contributed by atoms with E-state index in [0.29, 0.717) is 5.75 Å². The van der Waals surface area contributed by atoms with Gasteiger partial charge in [0.15, 0.2) is 0 Å². The third-order valence-corrected chi connectivity index (χ3v) is 4.71. The van der Waals surface area contributed by atoms with Gasteiger partial charge in [-0.1, -0.05) is 34.1 Å². The molecule has 0 atom stereocenters. The highest BCUT2D eigenvalue weighted by molar-refractivity contribution is 9.10. The highest BCUT2D eigenvalue weighted by Gasteiger charge is 2.12. The highest BCUT2D eigenvalue weighted by atomic mass is 79.9. The number of ether oxygens (including phenoxy) is 1. The summed E-state index contributed by atoms with van der Waals surface area (Å²) in [5.74, 6) is 0.694. The SMILES string of the molecule is Cc1cccc(S(=O)(=O)NCCOc2cccc(Br)c2)c1. The van der Waals surface area contributed by atoms with E-state index in [1.165, 1.54) is 0 Å². The summed E-state index contributed by atoms with van der Waals surface area (Å²) in [4.78, 5) is 0.268. The van der Waals surface area contributed by atoms with Crippen molar-refractivity contribution < 1.29 is 13.2 Å². The van der Waals surface area contributed by atoms with E-state index in [4.69, 9.17) is 4.74 Å². The van der Waals surface area contributed by atoms with Crippen LogP contribution in [-0.2, 0) is 10.0 Å². The first-order valence-corrected chi connectivity index (χ1v) is 8.70. The zero-order valence-corrected chi connectivity index (χ0v) is 13.9. The van der Waals surface area contributed by atoms with E-state index >= 15 is 0 Å². The number of sulfonamides is 1. The molecule has 2 aromatic carbocycles. The van der Waals surface area contributed by atoms with Gasteiger partial charge in [-0.15, -0.1) is 0 Å². The second-order valence-corrected chi connectivity index (χ2v) is 7.20. The first kappa shape index (κ1) is 16.0. The van der Waals surface area contributed by atoms with Crippen molar-refractivity contribution in [2.75, 3.05) is 13.2 Å². The first-order valence-electron chi connectivity index (χ1n) is 6.42. The van der Waals surface area contributed by atoms with E-state index in [1.807, 2.05) is 37.3 Å². The van der Waals surface area contributed by atoms with Crippen molar-refractivity contribution in [2.45, 2.75) is 11.8 Å². The Balaban J connectivity index is 1.88. The van der Waals surface area contributed by atoms with Gasteiger partial charge in [0.2, 0.25) is 10.0 Å². The Morgan fingerprint density at radius 1 is 1.14 bits per heavy atom. The molecule has 0 radical (unpaired) electrons. The Hall–Kier alpha value is -1.37. The van der Waals surface area contributed by atoms with Crippen LogP contribution in [0.15, 0.2) is 57.9 Å². The second-order valence-electron chi connectivity index (χ2n) is 4.52. The van der Waals surface area contributed by atoms with Crippen LogP contribution in [0.2, 0.25) is 0 Å². The molecule has 21 heavy (non-hydrogen) atoms. The van der Waals surface area contributed by atoms with Gasteiger partial charge in [0, 0.05) is 11.0 Å². The molecule has 6 heteroatoms. The summed E-state index contributed by atoms with van der Waals surface area (Å²) >= 11 is 3.35. The fourth-order valence-corrected chi connectivity index (χ4v) is 3.26. The normalized spacial score (nSPS) is 11.3. The smallest absolute Gasteiger partial charge is 0.240 e. The molecule has 2 rings (SSSR count). The van der Waals surface area contributed by atoms with Crippen LogP contribution in [0, 0.1) is 6.92 Å². The number of benzene rings is 2. The summed E-state index contributed by atoms with van der Waals surface area (Å²) in [6.45, 7) is 2.33. The van der Waals surface area contributed by atoms with E-state index in [1.54, 1.807) is 18.2 Å². The minimum Gasteiger partial charge on any atom is -0.492 e. The Labute approximate surface area is 133 Å². The lowest BCUT2D eigenvalue weighted by atomic mass is 10.2. The maximum absolute atomic E-state index is 12.1. The zero-order valence-electron chi connectivity index (χ0n) is 11.5. The molecule has 0 unspecified atom stereocenters. The maximum Gasteiger partial charge on any atom is 0.240 e. The summed E-state index contributed by atoms with van der Waals surface area (Å²) in [5, 5.41) is 0. The number of halogens is 1. The molecule has 4 nitrogen and oxygen atoms in total. The van der Waals surface area contributed by atoms with E-state index in [9.17, 15) is 8.42 Å². The second kappa shape index (κ2) is 7.06. The van der Waals surface area contributed by atoms with Crippen LogP contribution in [-0.4, -0.2) is 21.6 Å². The van der Waals surface area contributed by atoms with Crippen LogP contribution in [0.25, 0.3) is 0 Å². The number of hydrogen-bond acceptors (Lipinski definition) is 3. The molecule has 0 bridgehead atoms. The molecule has 0 amide bonds. The van der Waals surface area contributed by atoms with Crippen molar-refractivity contribution in [1.29, 1.82) is 0 Å². The third-order valence-electron chi connectivity index (χ3n) is 2.76. The Bertz CT molecular complexity index is 716. The number of hydrogen-bond donors (Lipinski definition) is 1. The lowest BCUT2D eigenvalue weighted by Crippen LogP contribution is -2.28. The Morgan fingerprint density at radius 2 is 1.90 bits per heavy atom. The maximum atomic E-state index is 12.1. The molecule has 0 aliphatic heterocycles. The summed E-state index contributed by atoms with van der Waals surface area (Å²) < 4.78 is 33.1. The van der Waals surface area contributed by atoms with Gasteiger partial charge in [0.25, 0.3) is 0 Å². The van der Waals surface area contributed by atoms with Gasteiger partial charge < -0.3 is 4.74 Å². The van der Waals surface area contributed by atoms with E-state index in [-0.39, 0.29) is 18.0 Å². The molecule has 0 heterocycles. The van der Waals surface area contributed by atoms with Gasteiger partial charge in [0.1, 0.15) is 12.4 Å². The van der Waals surface area contributed by atoms with Gasteiger partial charge in [-0.05, 0) is 42.8 Å². The summed E-state index contributed by atoms with van der Waals surface area (Å²) in [6, 6.07) is 14.2. The summed E-state index contributed by atoms with van der Waals surface area (Å²) in [7, 11) is -3.48. The van der Waals surface area contributed by atoms with E-state index in [2.05, 4.69) is 20.7 Å². The lowest BCUT2D eigenvalue weighted by Gasteiger charge is -2.09. The molecule has 0 fully saturated rings. The van der Waals surface area contributed by atoms with Crippen LogP contribution >= 0.6 is 15.9 Å². The number of aryl methyl sites for hydroxylation is 1. The average molecular weight is 370 g/mol. The predicted molar refractivity (Wildman–Crippen MR) is 86.0 cm³/mol. The molecule has 0 saturated carbocycles. The Morgan fingerprint density at radius 3 is 2.62 bits per heavy atom. The topological polar surface area (TPSA) is 55.4 Å². The van der Waals surface area contributed by atoms with Crippen LogP contribution in [0.5, 0.6) is 5.75 Å². The molecule has 2 aromatic rings. The van der Waals surface area contributed by atoms with Crippen molar-refractivity contribution in [2.24, 2.45) is 0 Å². The van der Waals surface area contributed by atoms with Gasteiger partial charge in [-0.25, -0.2) is 13.1 Å². The minimum absolute atomic E-state index is 0.211. The van der Waals surface area contributed by atoms with E-state index in [0.717, 1.165) is 10.0 Å². The molecule has 0 spiro atoms. The van der Waals surface area contributed by atoms with Gasteiger partial charge in [-0.3, -0.25) is 0 Å². The molecule has 0 saturated heterocycles. The van der Waals surface area contributed by atoms with Crippen LogP contribution in [0.1, 0.15) is 5.56 Å². The summed E-state index contributed by atoms with van der Waals surface area (Å²) in [5.41, 5.74) is 0.906. The molecule has 0 aliphatic carbocycles. The molecule has 0 aliphatic rings. The van der Waals surface area contributed by atoms with Gasteiger partial charge in [0.05, 0.1) is 4.90 Å². The summed E-state index contributed by atoms with van der Waals surface area (Å²) in [6.07, 6.45) is 0. The largest absolute Gasteiger partial charge is 0.492 e. The fraction of sp³-hybridized carbons (Fsp3) is 0.200. The van der Waals surface area contributed by atoms with Crippen molar-refractivity contribution in [1.82, 2.24) is 4.72 Å². The van der Waals surface area contributed by atoms with Crippen molar-refractivity contribution in [3.8, 4) is 5.75 Å². The van der Waals surface area contributed by atoms with E-state index < -0.39 is 10.0 Å². The van der Waals surface area contributed by atoms with Gasteiger partial charge >= 0.3 is 0 Å². The molecule has 0 aromatic heterocycles. The predicted octanol–water partition coefficient (Wildman–Crippen LogP) is 3.11. The van der Waals surface area contributed by atoms with Crippen molar-refractivity contribution in [3.05, 3.63) is 58.6 Å². The quantitative estimate of drug-likeness (QED) is 0.795. The highest BCUT2D eigenvalue weighted by Crippen LogP contribution is 2.17. The van der Waals surface area contributed by atoms with Crippen LogP contribution < -0.4 is 9.46 Å². The van der Waals surface area contributed by atoms with Crippen molar-refractivity contribution in [3.63, 3.8) is 0 Å². The third kappa shape index (κ3) is 4.84. The first-order chi connectivity index (χ1) is 9.97. The molecular weight excluding hydrogens is 354 g/mol. The lowest BCUT2D eigenvalue weighted by molar-refractivity contribution is 0.322. The van der Waals surface area contributed by atoms with Crippen LogP contribution in [0.4, 0.5) is 0 Å². The minimum atomic E-state index is -3.48. The fourth-order valence-electron chi connectivity index (χ4n) is 1.77. The molecule has 112 valence electrons. The van der Waals surface area contributed by atoms with Crippen molar-refractivity contribution >= 4 is 26.0 Å². The van der Waals surface area contributed by atoms with Crippen LogP contribution in [0.3, 0.4) is 0 Å². The number of rotatable bonds is 6. The zero-order chi connectivity index (χ0) is 15.3. The molecule has 1 N–H and O–H groups in total. The molecular formula is C15H16BrNO3S. The standard InChI is InChI=1S/C15H16BrNO3S/c1-12-4-2-7-15(10-12)21(18,19)17-8-9-20-14-6-3-5-13(16)11-14/h2-7,10-11,17H,8-9H2,1H3. The Kier molecular flexibility index (Phi) is 5.39. The monoisotopic (exact) mass is 369 g/mol.